The second-order valence-corrected chi connectivity index (χ2v) is 4.49. The molecule has 0 radical (unpaired) electrons. The van der Waals surface area contributed by atoms with Gasteiger partial charge in [0.2, 0.25) is 0 Å². The van der Waals surface area contributed by atoms with Gasteiger partial charge in [0.25, 0.3) is 5.69 Å². The molecule has 1 heterocycles. The molecule has 0 saturated carbocycles. The first-order chi connectivity index (χ1) is 8.99. The van der Waals surface area contributed by atoms with Crippen molar-refractivity contribution in [2.45, 2.75) is 20.4 Å². The number of hydrogen-bond acceptors (Lipinski definition) is 4. The van der Waals surface area contributed by atoms with Crippen LogP contribution in [-0.2, 0) is 13.6 Å². The zero-order valence-corrected chi connectivity index (χ0v) is 11.2. The molecule has 0 aliphatic heterocycles. The molecule has 0 saturated heterocycles. The van der Waals surface area contributed by atoms with E-state index in [1.165, 1.54) is 6.07 Å². The zero-order chi connectivity index (χ0) is 14.0. The molecule has 6 nitrogen and oxygen atoms in total. The lowest BCUT2D eigenvalue weighted by molar-refractivity contribution is -0.384. The molecule has 0 atom stereocenters. The Bertz CT molecular complexity index is 619. The minimum Gasteiger partial charge on any atom is -0.381 e. The molecule has 0 bridgehead atoms. The second kappa shape index (κ2) is 5.09. The summed E-state index contributed by atoms with van der Waals surface area (Å²) < 4.78 is 1.82. The number of benzene rings is 1. The molecule has 1 aromatic heterocycles. The van der Waals surface area contributed by atoms with Gasteiger partial charge in [-0.25, -0.2) is 0 Å². The molecule has 1 N–H and O–H groups in total. The molecular weight excluding hydrogens is 244 g/mol. The lowest BCUT2D eigenvalue weighted by Gasteiger charge is -2.09. The van der Waals surface area contributed by atoms with Crippen molar-refractivity contribution in [3.8, 4) is 0 Å². The Morgan fingerprint density at radius 1 is 1.42 bits per heavy atom. The highest BCUT2D eigenvalue weighted by atomic mass is 16.6. The van der Waals surface area contributed by atoms with Crippen LogP contribution in [0.25, 0.3) is 0 Å². The summed E-state index contributed by atoms with van der Waals surface area (Å²) in [6, 6.07) is 4.81. The minimum absolute atomic E-state index is 0.112. The van der Waals surface area contributed by atoms with Crippen LogP contribution in [0.5, 0.6) is 0 Å². The van der Waals surface area contributed by atoms with Gasteiger partial charge >= 0.3 is 0 Å². The van der Waals surface area contributed by atoms with Crippen molar-refractivity contribution in [3.63, 3.8) is 0 Å². The van der Waals surface area contributed by atoms with E-state index < -0.39 is 0 Å². The summed E-state index contributed by atoms with van der Waals surface area (Å²) in [4.78, 5) is 10.3. The molecule has 19 heavy (non-hydrogen) atoms. The molecular formula is C13H16N4O2. The fourth-order valence-electron chi connectivity index (χ4n) is 1.87. The summed E-state index contributed by atoms with van der Waals surface area (Å²) in [5, 5.41) is 18.1. The monoisotopic (exact) mass is 260 g/mol. The molecule has 0 fully saturated rings. The fourth-order valence-corrected chi connectivity index (χ4v) is 1.87. The van der Waals surface area contributed by atoms with Gasteiger partial charge in [0.05, 0.1) is 11.1 Å². The maximum atomic E-state index is 10.7. The summed E-state index contributed by atoms with van der Waals surface area (Å²) in [6.45, 7) is 4.51. The Morgan fingerprint density at radius 3 is 2.68 bits per heavy atom. The number of nitro benzene ring substituents is 1. The van der Waals surface area contributed by atoms with Gasteiger partial charge in [-0.15, -0.1) is 0 Å². The largest absolute Gasteiger partial charge is 0.381 e. The molecule has 0 unspecified atom stereocenters. The third kappa shape index (κ3) is 2.73. The smallest absolute Gasteiger partial charge is 0.269 e. The Kier molecular flexibility index (Phi) is 3.50. The quantitative estimate of drug-likeness (QED) is 0.677. The number of aryl methyl sites for hydroxylation is 2. The van der Waals surface area contributed by atoms with Gasteiger partial charge < -0.3 is 5.32 Å². The molecule has 0 aliphatic carbocycles. The number of hydrogen-bond donors (Lipinski definition) is 1. The first-order valence-corrected chi connectivity index (χ1v) is 5.95. The highest BCUT2D eigenvalue weighted by Crippen LogP contribution is 2.22. The van der Waals surface area contributed by atoms with Gasteiger partial charge in [0, 0.05) is 42.7 Å². The lowest BCUT2D eigenvalue weighted by atomic mass is 10.1. The van der Waals surface area contributed by atoms with E-state index in [4.69, 9.17) is 0 Å². The van der Waals surface area contributed by atoms with E-state index in [0.29, 0.717) is 6.54 Å². The number of non-ortho nitro benzene ring substituents is 1. The van der Waals surface area contributed by atoms with E-state index in [0.717, 1.165) is 22.5 Å². The number of aromatic nitrogens is 2. The maximum Gasteiger partial charge on any atom is 0.269 e. The van der Waals surface area contributed by atoms with Crippen LogP contribution in [0, 0.1) is 24.0 Å². The van der Waals surface area contributed by atoms with E-state index in [1.54, 1.807) is 12.1 Å². The summed E-state index contributed by atoms with van der Waals surface area (Å²) in [7, 11) is 1.90. The maximum absolute atomic E-state index is 10.7. The van der Waals surface area contributed by atoms with Gasteiger partial charge in [0.1, 0.15) is 0 Å². The van der Waals surface area contributed by atoms with Crippen LogP contribution in [0.2, 0.25) is 0 Å². The van der Waals surface area contributed by atoms with Crippen LogP contribution < -0.4 is 5.32 Å². The van der Waals surface area contributed by atoms with Crippen molar-refractivity contribution in [1.82, 2.24) is 9.78 Å². The van der Waals surface area contributed by atoms with Crippen molar-refractivity contribution in [3.05, 3.63) is 51.3 Å². The van der Waals surface area contributed by atoms with Gasteiger partial charge in [-0.2, -0.15) is 5.10 Å². The van der Waals surface area contributed by atoms with Crippen LogP contribution in [0.4, 0.5) is 11.4 Å². The molecule has 100 valence electrons. The third-order valence-corrected chi connectivity index (χ3v) is 3.23. The highest BCUT2D eigenvalue weighted by molar-refractivity contribution is 5.55. The summed E-state index contributed by atoms with van der Waals surface area (Å²) in [6.07, 6.45) is 1.82. The molecule has 6 heteroatoms. The van der Waals surface area contributed by atoms with Crippen LogP contribution in [0.3, 0.4) is 0 Å². The van der Waals surface area contributed by atoms with Gasteiger partial charge in [-0.1, -0.05) is 0 Å². The predicted octanol–water partition coefficient (Wildman–Crippen LogP) is 2.56. The van der Waals surface area contributed by atoms with Crippen LogP contribution in [0.15, 0.2) is 24.4 Å². The van der Waals surface area contributed by atoms with Gasteiger partial charge in [-0.05, 0) is 25.5 Å². The Balaban J connectivity index is 2.12. The average molecular weight is 260 g/mol. The number of nitro groups is 1. The molecule has 0 amide bonds. The van der Waals surface area contributed by atoms with Crippen LogP contribution >= 0.6 is 0 Å². The summed E-state index contributed by atoms with van der Waals surface area (Å²) in [5.74, 6) is 0. The third-order valence-electron chi connectivity index (χ3n) is 3.23. The average Bonchev–Trinajstić information content (AvgIpc) is 2.68. The van der Waals surface area contributed by atoms with Crippen molar-refractivity contribution in [2.75, 3.05) is 5.32 Å². The highest BCUT2D eigenvalue weighted by Gasteiger charge is 2.09. The van der Waals surface area contributed by atoms with Crippen LogP contribution in [0.1, 0.15) is 16.8 Å². The predicted molar refractivity (Wildman–Crippen MR) is 73.1 cm³/mol. The molecule has 1 aromatic carbocycles. The Labute approximate surface area is 111 Å². The molecule has 0 aliphatic rings. The number of anilines is 1. The van der Waals surface area contributed by atoms with Crippen molar-refractivity contribution >= 4 is 11.4 Å². The fraction of sp³-hybridized carbons (Fsp3) is 0.308. The number of nitrogens with one attached hydrogen (secondary N) is 1. The van der Waals surface area contributed by atoms with Gasteiger partial charge in [0.15, 0.2) is 0 Å². The first kappa shape index (κ1) is 13.1. The SMILES string of the molecule is Cc1cc([N+](=O)[O-])ccc1NCc1cnn(C)c1C. The second-order valence-electron chi connectivity index (χ2n) is 4.49. The van der Waals surface area contributed by atoms with Crippen molar-refractivity contribution in [1.29, 1.82) is 0 Å². The van der Waals surface area contributed by atoms with Gasteiger partial charge in [-0.3, -0.25) is 14.8 Å². The number of rotatable bonds is 4. The van der Waals surface area contributed by atoms with Crippen molar-refractivity contribution < 1.29 is 4.92 Å². The lowest BCUT2D eigenvalue weighted by Crippen LogP contribution is -2.03. The van der Waals surface area contributed by atoms with E-state index in [1.807, 2.05) is 31.8 Å². The van der Waals surface area contributed by atoms with E-state index >= 15 is 0 Å². The first-order valence-electron chi connectivity index (χ1n) is 5.95. The minimum atomic E-state index is -0.387. The zero-order valence-electron chi connectivity index (χ0n) is 11.2. The van der Waals surface area contributed by atoms with E-state index in [-0.39, 0.29) is 10.6 Å². The normalized spacial score (nSPS) is 10.5. The molecule has 0 spiro atoms. The Hall–Kier alpha value is -2.37. The number of nitrogens with zero attached hydrogens (tertiary/aromatic N) is 3. The van der Waals surface area contributed by atoms with Crippen LogP contribution in [-0.4, -0.2) is 14.7 Å². The topological polar surface area (TPSA) is 73.0 Å². The van der Waals surface area contributed by atoms with Crippen molar-refractivity contribution in [2.24, 2.45) is 7.05 Å². The Morgan fingerprint density at radius 2 is 2.16 bits per heavy atom. The summed E-state index contributed by atoms with van der Waals surface area (Å²) >= 11 is 0. The van der Waals surface area contributed by atoms with E-state index in [9.17, 15) is 10.1 Å². The summed E-state index contributed by atoms with van der Waals surface area (Å²) in [5.41, 5.74) is 4.08. The molecule has 2 rings (SSSR count). The molecule has 2 aromatic rings. The van der Waals surface area contributed by atoms with E-state index in [2.05, 4.69) is 10.4 Å². The standard InChI is InChI=1S/C13H16N4O2/c1-9-6-12(17(18)19)4-5-13(9)14-7-11-8-15-16(3)10(11)2/h4-6,8,14H,7H2,1-3H3.